The van der Waals surface area contributed by atoms with Crippen molar-refractivity contribution >= 4 is 28.2 Å². The summed E-state index contributed by atoms with van der Waals surface area (Å²) in [6, 6.07) is 15.2. The van der Waals surface area contributed by atoms with Crippen LogP contribution < -0.4 is 10.1 Å². The van der Waals surface area contributed by atoms with Crippen molar-refractivity contribution in [2.24, 2.45) is 0 Å². The molecule has 1 aromatic heterocycles. The number of nitrogens with one attached hydrogen (secondary N) is 1. The fourth-order valence-corrected chi connectivity index (χ4v) is 2.06. The first-order valence-corrected chi connectivity index (χ1v) is 6.91. The molecule has 0 atom stereocenters. The molecule has 0 aliphatic carbocycles. The number of para-hydroxylation sites is 1. The first kappa shape index (κ1) is 14.0. The number of ketones is 1. The SMILES string of the molecule is CC(=O)COc1ccc(Nc2ncnc3ccccc23)cc1. The van der Waals surface area contributed by atoms with E-state index in [0.717, 1.165) is 22.4 Å². The molecule has 5 heteroatoms. The molecule has 1 N–H and O–H groups in total. The molecule has 0 aliphatic heterocycles. The number of fused-ring (bicyclic) bond motifs is 1. The van der Waals surface area contributed by atoms with Crippen LogP contribution in [0.5, 0.6) is 5.75 Å². The quantitative estimate of drug-likeness (QED) is 0.781. The Morgan fingerprint density at radius 3 is 2.64 bits per heavy atom. The van der Waals surface area contributed by atoms with E-state index >= 15 is 0 Å². The molecule has 0 radical (unpaired) electrons. The topological polar surface area (TPSA) is 64.1 Å². The summed E-state index contributed by atoms with van der Waals surface area (Å²) in [5.41, 5.74) is 1.78. The third-order valence-corrected chi connectivity index (χ3v) is 3.10. The largest absolute Gasteiger partial charge is 0.486 e. The molecule has 110 valence electrons. The molecule has 5 nitrogen and oxygen atoms in total. The second-order valence-corrected chi connectivity index (χ2v) is 4.88. The summed E-state index contributed by atoms with van der Waals surface area (Å²) in [5.74, 6) is 1.41. The van der Waals surface area contributed by atoms with Gasteiger partial charge in [-0.1, -0.05) is 12.1 Å². The maximum Gasteiger partial charge on any atom is 0.167 e. The normalized spacial score (nSPS) is 10.4. The summed E-state index contributed by atoms with van der Waals surface area (Å²) in [6.45, 7) is 1.58. The average Bonchev–Trinajstić information content (AvgIpc) is 2.54. The molecular formula is C17H15N3O2. The number of carbonyl (C=O) groups excluding carboxylic acids is 1. The molecule has 0 aliphatic rings. The number of carbonyl (C=O) groups is 1. The molecule has 1 heterocycles. The molecule has 0 saturated carbocycles. The van der Waals surface area contributed by atoms with Crippen molar-refractivity contribution in [3.05, 3.63) is 54.9 Å². The van der Waals surface area contributed by atoms with E-state index in [4.69, 9.17) is 4.74 Å². The van der Waals surface area contributed by atoms with Crippen molar-refractivity contribution < 1.29 is 9.53 Å². The predicted molar refractivity (Wildman–Crippen MR) is 85.4 cm³/mol. The number of hydrogen-bond donors (Lipinski definition) is 1. The smallest absolute Gasteiger partial charge is 0.167 e. The van der Waals surface area contributed by atoms with E-state index in [1.54, 1.807) is 0 Å². The Balaban J connectivity index is 1.79. The van der Waals surface area contributed by atoms with E-state index < -0.39 is 0 Å². The van der Waals surface area contributed by atoms with Gasteiger partial charge in [0.05, 0.1) is 5.52 Å². The van der Waals surface area contributed by atoms with Gasteiger partial charge in [-0.2, -0.15) is 0 Å². The highest BCUT2D eigenvalue weighted by Gasteiger charge is 2.03. The van der Waals surface area contributed by atoms with E-state index in [1.165, 1.54) is 13.3 Å². The third kappa shape index (κ3) is 3.20. The zero-order valence-electron chi connectivity index (χ0n) is 12.1. The van der Waals surface area contributed by atoms with E-state index in [2.05, 4.69) is 15.3 Å². The zero-order chi connectivity index (χ0) is 15.4. The molecule has 0 spiro atoms. The number of aromatic nitrogens is 2. The van der Waals surface area contributed by atoms with Crippen molar-refractivity contribution in [3.63, 3.8) is 0 Å². The Morgan fingerprint density at radius 1 is 1.09 bits per heavy atom. The van der Waals surface area contributed by atoms with Crippen LogP contribution in [0, 0.1) is 0 Å². The van der Waals surface area contributed by atoms with Crippen molar-refractivity contribution in [1.82, 2.24) is 9.97 Å². The van der Waals surface area contributed by atoms with E-state index in [-0.39, 0.29) is 12.4 Å². The highest BCUT2D eigenvalue weighted by molar-refractivity contribution is 5.90. The minimum atomic E-state index is -0.00495. The second-order valence-electron chi connectivity index (χ2n) is 4.88. The number of hydrogen-bond acceptors (Lipinski definition) is 5. The van der Waals surface area contributed by atoms with Crippen molar-refractivity contribution in [2.45, 2.75) is 6.92 Å². The first-order valence-electron chi connectivity index (χ1n) is 6.91. The van der Waals surface area contributed by atoms with Crippen LogP contribution in [0.15, 0.2) is 54.9 Å². The van der Waals surface area contributed by atoms with Crippen LogP contribution in [0.25, 0.3) is 10.9 Å². The summed E-state index contributed by atoms with van der Waals surface area (Å²) in [6.07, 6.45) is 1.54. The maximum absolute atomic E-state index is 10.9. The zero-order valence-corrected chi connectivity index (χ0v) is 12.1. The van der Waals surface area contributed by atoms with E-state index in [9.17, 15) is 4.79 Å². The number of rotatable bonds is 5. The fourth-order valence-electron chi connectivity index (χ4n) is 2.06. The van der Waals surface area contributed by atoms with Gasteiger partial charge in [0.2, 0.25) is 0 Å². The van der Waals surface area contributed by atoms with Gasteiger partial charge < -0.3 is 10.1 Å². The lowest BCUT2D eigenvalue weighted by Gasteiger charge is -2.09. The molecule has 2 aromatic carbocycles. The summed E-state index contributed by atoms with van der Waals surface area (Å²) < 4.78 is 5.34. The third-order valence-electron chi connectivity index (χ3n) is 3.10. The summed E-state index contributed by atoms with van der Waals surface area (Å²) in [4.78, 5) is 19.4. The minimum Gasteiger partial charge on any atom is -0.486 e. The van der Waals surface area contributed by atoms with Gasteiger partial charge in [-0.05, 0) is 43.3 Å². The van der Waals surface area contributed by atoms with Gasteiger partial charge in [0.15, 0.2) is 5.78 Å². The van der Waals surface area contributed by atoms with Crippen LogP contribution in [0.3, 0.4) is 0 Å². The van der Waals surface area contributed by atoms with Crippen LogP contribution >= 0.6 is 0 Å². The molecule has 0 unspecified atom stereocenters. The molecule has 0 bridgehead atoms. The Morgan fingerprint density at radius 2 is 1.86 bits per heavy atom. The second kappa shape index (κ2) is 6.22. The molecule has 0 amide bonds. The minimum absolute atomic E-state index is 0.00495. The number of nitrogens with zero attached hydrogens (tertiary/aromatic N) is 2. The van der Waals surface area contributed by atoms with E-state index in [1.807, 2.05) is 48.5 Å². The molecule has 22 heavy (non-hydrogen) atoms. The number of anilines is 2. The first-order chi connectivity index (χ1) is 10.7. The van der Waals surface area contributed by atoms with Crippen LogP contribution in [-0.4, -0.2) is 22.4 Å². The summed E-state index contributed by atoms with van der Waals surface area (Å²) >= 11 is 0. The molecule has 0 saturated heterocycles. The molecular weight excluding hydrogens is 278 g/mol. The van der Waals surface area contributed by atoms with Gasteiger partial charge in [-0.3, -0.25) is 4.79 Å². The highest BCUT2D eigenvalue weighted by Crippen LogP contribution is 2.24. The molecule has 0 fully saturated rings. The van der Waals surface area contributed by atoms with Crippen molar-refractivity contribution in [2.75, 3.05) is 11.9 Å². The van der Waals surface area contributed by atoms with Crippen LogP contribution in [0.1, 0.15) is 6.92 Å². The monoisotopic (exact) mass is 293 g/mol. The highest BCUT2D eigenvalue weighted by atomic mass is 16.5. The summed E-state index contributed by atoms with van der Waals surface area (Å²) in [5, 5.41) is 4.23. The van der Waals surface area contributed by atoms with Gasteiger partial charge in [0, 0.05) is 11.1 Å². The summed E-state index contributed by atoms with van der Waals surface area (Å²) in [7, 11) is 0. The van der Waals surface area contributed by atoms with Crippen LogP contribution in [0.4, 0.5) is 11.5 Å². The van der Waals surface area contributed by atoms with E-state index in [0.29, 0.717) is 5.75 Å². The average molecular weight is 293 g/mol. The standard InChI is InChI=1S/C17H15N3O2/c1-12(21)10-22-14-8-6-13(7-9-14)20-17-15-4-2-3-5-16(15)18-11-19-17/h2-9,11H,10H2,1H3,(H,18,19,20). The van der Waals surface area contributed by atoms with Gasteiger partial charge >= 0.3 is 0 Å². The molecule has 3 rings (SSSR count). The Hall–Kier alpha value is -2.95. The lowest BCUT2D eigenvalue weighted by atomic mass is 10.2. The van der Waals surface area contributed by atoms with Crippen molar-refractivity contribution in [3.8, 4) is 5.75 Å². The lowest BCUT2D eigenvalue weighted by molar-refractivity contribution is -0.118. The van der Waals surface area contributed by atoms with Gasteiger partial charge in [-0.15, -0.1) is 0 Å². The van der Waals surface area contributed by atoms with Gasteiger partial charge in [0.1, 0.15) is 24.5 Å². The Labute approximate surface area is 128 Å². The Kier molecular flexibility index (Phi) is 3.96. The van der Waals surface area contributed by atoms with Gasteiger partial charge in [-0.25, -0.2) is 9.97 Å². The van der Waals surface area contributed by atoms with Crippen molar-refractivity contribution in [1.29, 1.82) is 0 Å². The number of benzene rings is 2. The molecule has 3 aromatic rings. The number of ether oxygens (including phenoxy) is 1. The maximum atomic E-state index is 10.9. The lowest BCUT2D eigenvalue weighted by Crippen LogP contribution is -2.06. The Bertz CT molecular complexity index is 795. The predicted octanol–water partition coefficient (Wildman–Crippen LogP) is 3.34. The van der Waals surface area contributed by atoms with Crippen LogP contribution in [-0.2, 0) is 4.79 Å². The van der Waals surface area contributed by atoms with Crippen LogP contribution in [0.2, 0.25) is 0 Å². The van der Waals surface area contributed by atoms with Gasteiger partial charge in [0.25, 0.3) is 0 Å². The number of Topliss-reactive ketones (excluding diaryl/α,β-unsaturated/α-hetero) is 1. The fraction of sp³-hybridized carbons (Fsp3) is 0.118.